The van der Waals surface area contributed by atoms with Crippen LogP contribution in [0.25, 0.3) is 0 Å². The zero-order chi connectivity index (χ0) is 15.5. The number of hydrogen-bond donors (Lipinski definition) is 2. The normalized spacial score (nSPS) is 16.7. The van der Waals surface area contributed by atoms with Gasteiger partial charge in [0.25, 0.3) is 0 Å². The molecule has 3 N–H and O–H groups in total. The number of ether oxygens (including phenoxy) is 1. The van der Waals surface area contributed by atoms with Gasteiger partial charge >= 0.3 is 6.09 Å². The maximum absolute atomic E-state index is 10.9. The summed E-state index contributed by atoms with van der Waals surface area (Å²) in [5.41, 5.74) is 8.89. The SMILES string of the molecule is CC(C)(C)c1c(COC(N)=O)cccc1C1CCNCC1. The van der Waals surface area contributed by atoms with Gasteiger partial charge in [-0.25, -0.2) is 4.79 Å². The molecule has 1 aromatic rings. The van der Waals surface area contributed by atoms with Crippen molar-refractivity contribution in [1.29, 1.82) is 0 Å². The van der Waals surface area contributed by atoms with Crippen LogP contribution in [0, 0.1) is 0 Å². The molecule has 4 heteroatoms. The molecule has 1 amide bonds. The summed E-state index contributed by atoms with van der Waals surface area (Å²) >= 11 is 0. The fraction of sp³-hybridized carbons (Fsp3) is 0.588. The summed E-state index contributed by atoms with van der Waals surface area (Å²) in [6, 6.07) is 6.32. The van der Waals surface area contributed by atoms with Crippen LogP contribution in [0.3, 0.4) is 0 Å². The zero-order valence-corrected chi connectivity index (χ0v) is 13.2. The highest BCUT2D eigenvalue weighted by molar-refractivity contribution is 5.64. The maximum atomic E-state index is 10.9. The van der Waals surface area contributed by atoms with Crippen molar-refractivity contribution >= 4 is 6.09 Å². The lowest BCUT2D eigenvalue weighted by Crippen LogP contribution is -2.29. The molecule has 21 heavy (non-hydrogen) atoms. The van der Waals surface area contributed by atoms with E-state index >= 15 is 0 Å². The number of piperidine rings is 1. The minimum atomic E-state index is -0.720. The van der Waals surface area contributed by atoms with E-state index in [4.69, 9.17) is 10.5 Å². The molecule has 0 aliphatic carbocycles. The molecule has 1 aliphatic heterocycles. The predicted octanol–water partition coefficient (Wildman–Crippen LogP) is 3.05. The highest BCUT2D eigenvalue weighted by atomic mass is 16.5. The van der Waals surface area contributed by atoms with Gasteiger partial charge in [0.2, 0.25) is 0 Å². The van der Waals surface area contributed by atoms with Gasteiger partial charge in [0.1, 0.15) is 6.61 Å². The summed E-state index contributed by atoms with van der Waals surface area (Å²) in [5.74, 6) is 0.578. The Morgan fingerprint density at radius 1 is 1.33 bits per heavy atom. The van der Waals surface area contributed by atoms with Crippen LogP contribution in [-0.2, 0) is 16.8 Å². The van der Waals surface area contributed by atoms with Crippen LogP contribution < -0.4 is 11.1 Å². The number of hydrogen-bond acceptors (Lipinski definition) is 3. The van der Waals surface area contributed by atoms with E-state index in [0.29, 0.717) is 5.92 Å². The van der Waals surface area contributed by atoms with Crippen LogP contribution >= 0.6 is 0 Å². The second kappa shape index (κ2) is 6.48. The lowest BCUT2D eigenvalue weighted by Gasteiger charge is -2.32. The van der Waals surface area contributed by atoms with Crippen LogP contribution in [0.1, 0.15) is 56.2 Å². The molecule has 0 bridgehead atoms. The number of carbonyl (C=O) groups is 1. The molecule has 1 fully saturated rings. The van der Waals surface area contributed by atoms with E-state index in [1.54, 1.807) is 0 Å². The number of nitrogens with one attached hydrogen (secondary N) is 1. The summed E-state index contributed by atoms with van der Waals surface area (Å²) in [7, 11) is 0. The Morgan fingerprint density at radius 3 is 2.57 bits per heavy atom. The van der Waals surface area contributed by atoms with Crippen molar-refractivity contribution in [1.82, 2.24) is 5.32 Å². The molecule has 0 spiro atoms. The monoisotopic (exact) mass is 290 g/mol. The Morgan fingerprint density at radius 2 is 2.00 bits per heavy atom. The van der Waals surface area contributed by atoms with E-state index in [1.807, 2.05) is 6.07 Å². The average Bonchev–Trinajstić information content (AvgIpc) is 2.44. The van der Waals surface area contributed by atoms with E-state index in [-0.39, 0.29) is 12.0 Å². The number of benzene rings is 1. The van der Waals surface area contributed by atoms with Gasteiger partial charge in [-0.3, -0.25) is 0 Å². The Kier molecular flexibility index (Phi) is 4.88. The molecule has 0 radical (unpaired) electrons. The van der Waals surface area contributed by atoms with E-state index in [2.05, 4.69) is 38.2 Å². The minimum Gasteiger partial charge on any atom is -0.445 e. The average molecular weight is 290 g/mol. The fourth-order valence-electron chi connectivity index (χ4n) is 3.28. The van der Waals surface area contributed by atoms with Crippen LogP contribution in [-0.4, -0.2) is 19.2 Å². The summed E-state index contributed by atoms with van der Waals surface area (Å²) in [6.07, 6.45) is 1.59. The van der Waals surface area contributed by atoms with E-state index in [9.17, 15) is 4.79 Å². The zero-order valence-electron chi connectivity index (χ0n) is 13.2. The molecule has 0 unspecified atom stereocenters. The van der Waals surface area contributed by atoms with Crippen molar-refractivity contribution in [2.75, 3.05) is 13.1 Å². The van der Waals surface area contributed by atoms with Crippen LogP contribution in [0.2, 0.25) is 0 Å². The number of primary amides is 1. The molecule has 4 nitrogen and oxygen atoms in total. The van der Waals surface area contributed by atoms with E-state index < -0.39 is 6.09 Å². The first-order chi connectivity index (χ1) is 9.89. The summed E-state index contributed by atoms with van der Waals surface area (Å²) in [5, 5.41) is 3.41. The third-order valence-electron chi connectivity index (χ3n) is 4.08. The first kappa shape index (κ1) is 15.8. The summed E-state index contributed by atoms with van der Waals surface area (Å²) in [6.45, 7) is 9.01. The third-order valence-corrected chi connectivity index (χ3v) is 4.08. The van der Waals surface area contributed by atoms with Crippen LogP contribution in [0.15, 0.2) is 18.2 Å². The number of nitrogens with two attached hydrogens (primary N) is 1. The lowest BCUT2D eigenvalue weighted by molar-refractivity contribution is 0.149. The van der Waals surface area contributed by atoms with Crippen molar-refractivity contribution in [2.45, 2.75) is 51.6 Å². The predicted molar refractivity (Wildman–Crippen MR) is 84.4 cm³/mol. The van der Waals surface area contributed by atoms with Gasteiger partial charge in [0, 0.05) is 0 Å². The molecule has 116 valence electrons. The number of amides is 1. The lowest BCUT2D eigenvalue weighted by atomic mass is 9.75. The molecular weight excluding hydrogens is 264 g/mol. The van der Waals surface area contributed by atoms with E-state index in [1.165, 1.54) is 11.1 Å². The van der Waals surface area contributed by atoms with E-state index in [0.717, 1.165) is 31.5 Å². The third kappa shape index (κ3) is 3.97. The number of carbonyl (C=O) groups excluding carboxylic acids is 1. The van der Waals surface area contributed by atoms with Gasteiger partial charge in [0.05, 0.1) is 0 Å². The Hall–Kier alpha value is -1.55. The van der Waals surface area contributed by atoms with Gasteiger partial charge in [0.15, 0.2) is 0 Å². The Balaban J connectivity index is 2.38. The van der Waals surface area contributed by atoms with Gasteiger partial charge < -0.3 is 15.8 Å². The standard InChI is InChI=1S/C17H26N2O2/c1-17(2,3)15-13(11-21-16(18)20)5-4-6-14(15)12-7-9-19-10-8-12/h4-6,12,19H,7-11H2,1-3H3,(H2,18,20). The van der Waals surface area contributed by atoms with Crippen molar-refractivity contribution in [3.05, 3.63) is 34.9 Å². The van der Waals surface area contributed by atoms with Gasteiger partial charge in [-0.2, -0.15) is 0 Å². The smallest absolute Gasteiger partial charge is 0.404 e. The quantitative estimate of drug-likeness (QED) is 0.899. The molecule has 1 saturated heterocycles. The molecule has 2 rings (SSSR count). The Labute approximate surface area is 127 Å². The van der Waals surface area contributed by atoms with Crippen molar-refractivity contribution in [2.24, 2.45) is 5.73 Å². The Bertz CT molecular complexity index is 500. The molecule has 0 saturated carbocycles. The van der Waals surface area contributed by atoms with Gasteiger partial charge in [-0.15, -0.1) is 0 Å². The van der Waals surface area contributed by atoms with Crippen LogP contribution in [0.5, 0.6) is 0 Å². The molecule has 0 atom stereocenters. The molecular formula is C17H26N2O2. The van der Waals surface area contributed by atoms with Crippen LogP contribution in [0.4, 0.5) is 4.79 Å². The van der Waals surface area contributed by atoms with Crippen molar-refractivity contribution < 1.29 is 9.53 Å². The highest BCUT2D eigenvalue weighted by Crippen LogP contribution is 2.37. The molecule has 1 aromatic carbocycles. The fourth-order valence-corrected chi connectivity index (χ4v) is 3.28. The van der Waals surface area contributed by atoms with Gasteiger partial charge in [-0.05, 0) is 54.0 Å². The topological polar surface area (TPSA) is 64.3 Å². The number of rotatable bonds is 3. The maximum Gasteiger partial charge on any atom is 0.404 e. The molecule has 1 heterocycles. The molecule has 0 aromatic heterocycles. The molecule has 1 aliphatic rings. The minimum absolute atomic E-state index is 0.0117. The largest absolute Gasteiger partial charge is 0.445 e. The first-order valence-electron chi connectivity index (χ1n) is 7.65. The highest BCUT2D eigenvalue weighted by Gasteiger charge is 2.26. The summed E-state index contributed by atoms with van der Waals surface area (Å²) in [4.78, 5) is 10.9. The first-order valence-corrected chi connectivity index (χ1v) is 7.65. The summed E-state index contributed by atoms with van der Waals surface area (Å²) < 4.78 is 5.03. The van der Waals surface area contributed by atoms with Gasteiger partial charge in [-0.1, -0.05) is 39.0 Å². The van der Waals surface area contributed by atoms with Crippen molar-refractivity contribution in [3.8, 4) is 0 Å². The van der Waals surface area contributed by atoms with Crippen molar-refractivity contribution in [3.63, 3.8) is 0 Å². The second-order valence-electron chi connectivity index (χ2n) is 6.76. The second-order valence-corrected chi connectivity index (χ2v) is 6.76.